The van der Waals surface area contributed by atoms with Gasteiger partial charge in [0.25, 0.3) is 5.91 Å². The van der Waals surface area contributed by atoms with Crippen LogP contribution in [0.15, 0.2) is 24.3 Å². The van der Waals surface area contributed by atoms with Crippen molar-refractivity contribution in [2.24, 2.45) is 0 Å². The predicted molar refractivity (Wildman–Crippen MR) is 80.1 cm³/mol. The Morgan fingerprint density at radius 2 is 1.52 bits per heavy atom. The van der Waals surface area contributed by atoms with E-state index in [1.54, 1.807) is 0 Å². The van der Waals surface area contributed by atoms with Gasteiger partial charge in [-0.3, -0.25) is 9.52 Å². The summed E-state index contributed by atoms with van der Waals surface area (Å²) >= 11 is 0. The third kappa shape index (κ3) is 7.63. The predicted octanol–water partition coefficient (Wildman–Crippen LogP) is -0.663. The Kier molecular flexibility index (Phi) is 5.70. The van der Waals surface area contributed by atoms with Crippen LogP contribution in [0.1, 0.15) is 10.4 Å². The van der Waals surface area contributed by atoms with E-state index in [4.69, 9.17) is 0 Å². The van der Waals surface area contributed by atoms with E-state index in [1.165, 1.54) is 24.3 Å². The first-order valence-corrected chi connectivity index (χ1v) is 9.66. The molecule has 0 saturated carbocycles. The lowest BCUT2D eigenvalue weighted by atomic mass is 10.2. The van der Waals surface area contributed by atoms with Gasteiger partial charge in [-0.25, -0.2) is 21.6 Å². The van der Waals surface area contributed by atoms with Gasteiger partial charge >= 0.3 is 0 Å². The zero-order valence-electron chi connectivity index (χ0n) is 11.6. The first kappa shape index (κ1) is 17.4. The van der Waals surface area contributed by atoms with Gasteiger partial charge in [0.05, 0.1) is 12.5 Å². The molecular weight excluding hydrogens is 318 g/mol. The number of hydrogen-bond donors (Lipinski definition) is 3. The van der Waals surface area contributed by atoms with Crippen molar-refractivity contribution in [3.05, 3.63) is 29.8 Å². The molecule has 1 rings (SSSR count). The molecule has 0 heterocycles. The highest BCUT2D eigenvalue weighted by Crippen LogP contribution is 2.10. The highest BCUT2D eigenvalue weighted by atomic mass is 32.2. The lowest BCUT2D eigenvalue weighted by Crippen LogP contribution is -2.34. The summed E-state index contributed by atoms with van der Waals surface area (Å²) in [7, 11) is -6.63. The smallest absolute Gasteiger partial charge is 0.251 e. The minimum absolute atomic E-state index is 0.0955. The third-order valence-electron chi connectivity index (χ3n) is 2.23. The second kappa shape index (κ2) is 6.87. The molecule has 0 atom stereocenters. The van der Waals surface area contributed by atoms with Crippen LogP contribution in [-0.4, -0.2) is 48.3 Å². The number of hydrogen-bond acceptors (Lipinski definition) is 5. The molecule has 1 aromatic rings. The summed E-state index contributed by atoms with van der Waals surface area (Å²) in [5.74, 6) is -0.379. The highest BCUT2D eigenvalue weighted by molar-refractivity contribution is 7.92. The Morgan fingerprint density at radius 1 is 0.952 bits per heavy atom. The summed E-state index contributed by atoms with van der Waals surface area (Å²) < 4.78 is 48.2. The second-order valence-corrected chi connectivity index (χ2v) is 7.96. The average molecular weight is 335 g/mol. The summed E-state index contributed by atoms with van der Waals surface area (Å²) in [6, 6.07) is 5.86. The number of nitrogens with one attached hydrogen (secondary N) is 3. The zero-order chi connectivity index (χ0) is 16.1. The van der Waals surface area contributed by atoms with Crippen molar-refractivity contribution in [3.8, 4) is 0 Å². The topological polar surface area (TPSA) is 121 Å². The van der Waals surface area contributed by atoms with Crippen LogP contribution in [0.25, 0.3) is 0 Å². The molecule has 1 aromatic carbocycles. The van der Waals surface area contributed by atoms with Crippen molar-refractivity contribution in [3.63, 3.8) is 0 Å². The van der Waals surface area contributed by atoms with Gasteiger partial charge in [0.2, 0.25) is 20.0 Å². The maximum Gasteiger partial charge on any atom is 0.251 e. The summed E-state index contributed by atoms with van der Waals surface area (Å²) in [4.78, 5) is 11.7. The first-order chi connectivity index (χ1) is 9.57. The van der Waals surface area contributed by atoms with E-state index in [0.29, 0.717) is 11.3 Å². The number of benzene rings is 1. The molecule has 0 aliphatic heterocycles. The van der Waals surface area contributed by atoms with Crippen LogP contribution in [0, 0.1) is 0 Å². The van der Waals surface area contributed by atoms with E-state index in [2.05, 4.69) is 14.8 Å². The minimum atomic E-state index is -3.36. The molecule has 0 unspecified atom stereocenters. The molecule has 0 fully saturated rings. The SMILES string of the molecule is CS(=O)(=O)NCCNC(=O)c1ccc(NS(C)(=O)=O)cc1. The molecule has 21 heavy (non-hydrogen) atoms. The minimum Gasteiger partial charge on any atom is -0.351 e. The molecule has 10 heteroatoms. The average Bonchev–Trinajstić information content (AvgIpc) is 2.32. The van der Waals surface area contributed by atoms with Crippen LogP contribution in [-0.2, 0) is 20.0 Å². The number of sulfonamides is 2. The van der Waals surface area contributed by atoms with E-state index < -0.39 is 20.0 Å². The zero-order valence-corrected chi connectivity index (χ0v) is 13.2. The highest BCUT2D eigenvalue weighted by Gasteiger charge is 2.07. The van der Waals surface area contributed by atoms with Crippen LogP contribution in [0.2, 0.25) is 0 Å². The van der Waals surface area contributed by atoms with Crippen LogP contribution in [0.5, 0.6) is 0 Å². The van der Waals surface area contributed by atoms with Crippen molar-refractivity contribution in [2.45, 2.75) is 0 Å². The Labute approximate surface area is 124 Å². The maximum absolute atomic E-state index is 11.7. The Balaban J connectivity index is 2.52. The molecule has 0 spiro atoms. The molecule has 8 nitrogen and oxygen atoms in total. The molecule has 3 N–H and O–H groups in total. The monoisotopic (exact) mass is 335 g/mol. The van der Waals surface area contributed by atoms with Crippen molar-refractivity contribution in [1.29, 1.82) is 0 Å². The molecule has 0 aromatic heterocycles. The van der Waals surface area contributed by atoms with E-state index >= 15 is 0 Å². The van der Waals surface area contributed by atoms with Crippen molar-refractivity contribution in [1.82, 2.24) is 10.0 Å². The van der Waals surface area contributed by atoms with Crippen molar-refractivity contribution < 1.29 is 21.6 Å². The molecular formula is C11H17N3O5S2. The number of rotatable bonds is 7. The maximum atomic E-state index is 11.7. The van der Waals surface area contributed by atoms with Gasteiger partial charge in [0.15, 0.2) is 0 Å². The third-order valence-corrected chi connectivity index (χ3v) is 3.56. The van der Waals surface area contributed by atoms with Crippen LogP contribution < -0.4 is 14.8 Å². The number of anilines is 1. The van der Waals surface area contributed by atoms with Crippen molar-refractivity contribution >= 4 is 31.6 Å². The lowest BCUT2D eigenvalue weighted by Gasteiger charge is -2.07. The van der Waals surface area contributed by atoms with Gasteiger partial charge in [-0.15, -0.1) is 0 Å². The van der Waals surface area contributed by atoms with Crippen LogP contribution in [0.3, 0.4) is 0 Å². The molecule has 1 amide bonds. The van der Waals surface area contributed by atoms with Gasteiger partial charge in [-0.1, -0.05) is 0 Å². The van der Waals surface area contributed by atoms with Gasteiger partial charge in [0.1, 0.15) is 0 Å². The molecule has 118 valence electrons. The van der Waals surface area contributed by atoms with E-state index in [0.717, 1.165) is 12.5 Å². The fourth-order valence-corrected chi connectivity index (χ4v) is 2.46. The summed E-state index contributed by atoms with van der Waals surface area (Å²) in [6.45, 7) is 0.244. The van der Waals surface area contributed by atoms with Gasteiger partial charge < -0.3 is 5.32 Å². The van der Waals surface area contributed by atoms with Gasteiger partial charge in [-0.05, 0) is 24.3 Å². The quantitative estimate of drug-likeness (QED) is 0.571. The summed E-state index contributed by atoms with van der Waals surface area (Å²) in [5, 5.41) is 2.53. The van der Waals surface area contributed by atoms with E-state index in [1.807, 2.05) is 0 Å². The molecule has 0 aliphatic carbocycles. The number of carbonyl (C=O) groups excluding carboxylic acids is 1. The summed E-state index contributed by atoms with van der Waals surface area (Å²) in [6.07, 6.45) is 2.06. The van der Waals surface area contributed by atoms with Gasteiger partial charge in [0, 0.05) is 24.3 Å². The summed E-state index contributed by atoms with van der Waals surface area (Å²) in [5.41, 5.74) is 0.696. The Hall–Kier alpha value is -1.65. The number of amides is 1. The number of carbonyl (C=O) groups is 1. The Morgan fingerprint density at radius 3 is 2.00 bits per heavy atom. The molecule has 0 saturated heterocycles. The standard InChI is InChI=1S/C11H17N3O5S2/c1-20(16,17)13-8-7-12-11(15)9-3-5-10(6-4-9)14-21(2,18)19/h3-6,13-14H,7-8H2,1-2H3,(H,12,15). The largest absolute Gasteiger partial charge is 0.351 e. The van der Waals surface area contributed by atoms with E-state index in [-0.39, 0.29) is 19.0 Å². The van der Waals surface area contributed by atoms with Crippen molar-refractivity contribution in [2.75, 3.05) is 30.3 Å². The fourth-order valence-electron chi connectivity index (χ4n) is 1.42. The molecule has 0 radical (unpaired) electrons. The van der Waals surface area contributed by atoms with E-state index in [9.17, 15) is 21.6 Å². The Bertz CT molecular complexity index is 696. The van der Waals surface area contributed by atoms with Gasteiger partial charge in [-0.2, -0.15) is 0 Å². The van der Waals surface area contributed by atoms with Crippen LogP contribution in [0.4, 0.5) is 5.69 Å². The molecule has 0 bridgehead atoms. The lowest BCUT2D eigenvalue weighted by molar-refractivity contribution is 0.0954. The normalized spacial score (nSPS) is 11.9. The first-order valence-electron chi connectivity index (χ1n) is 5.87. The molecule has 0 aliphatic rings. The van der Waals surface area contributed by atoms with Crippen LogP contribution >= 0.6 is 0 Å². The second-order valence-electron chi connectivity index (χ2n) is 4.37. The fraction of sp³-hybridized carbons (Fsp3) is 0.364.